The number of carboxylic acids is 3. The van der Waals surface area contributed by atoms with Crippen LogP contribution in [0.4, 0.5) is 0 Å². The average molecular weight is 557 g/mol. The molecule has 2 unspecified atom stereocenters. The Morgan fingerprint density at radius 2 is 0.872 bits per heavy atom. The average Bonchev–Trinajstić information content (AvgIpc) is 2.88. The SMILES string of the molecule is O=CCCC(NC(=O)CCC(NC(=O)CCCCCCCCCCCCCCCCC(=O)O)C(=O)O)C(=O)O. The quantitative estimate of drug-likeness (QED) is 0.0729. The van der Waals surface area contributed by atoms with Crippen LogP contribution in [0.2, 0.25) is 0 Å². The first kappa shape index (κ1) is 36.0. The van der Waals surface area contributed by atoms with Crippen molar-refractivity contribution in [2.45, 2.75) is 141 Å². The van der Waals surface area contributed by atoms with Crippen molar-refractivity contribution in [1.82, 2.24) is 10.6 Å². The van der Waals surface area contributed by atoms with Crippen molar-refractivity contribution in [3.8, 4) is 0 Å². The second-order valence-electron chi connectivity index (χ2n) is 10.0. The molecule has 0 saturated carbocycles. The summed E-state index contributed by atoms with van der Waals surface area (Å²) in [6.07, 6.45) is 15.4. The van der Waals surface area contributed by atoms with E-state index < -0.39 is 35.9 Å². The van der Waals surface area contributed by atoms with Crippen molar-refractivity contribution in [2.24, 2.45) is 0 Å². The number of carbonyl (C=O) groups is 6. The lowest BCUT2D eigenvalue weighted by atomic mass is 10.0. The minimum Gasteiger partial charge on any atom is -0.481 e. The highest BCUT2D eigenvalue weighted by Gasteiger charge is 2.23. The molecule has 0 aromatic rings. The fraction of sp³-hybridized carbons (Fsp3) is 0.786. The number of unbranched alkanes of at least 4 members (excludes halogenated alkanes) is 13. The normalized spacial score (nSPS) is 12.3. The van der Waals surface area contributed by atoms with Gasteiger partial charge in [-0.05, 0) is 25.7 Å². The van der Waals surface area contributed by atoms with Gasteiger partial charge in [-0.3, -0.25) is 14.4 Å². The van der Waals surface area contributed by atoms with Crippen LogP contribution in [-0.2, 0) is 28.8 Å². The van der Waals surface area contributed by atoms with Crippen molar-refractivity contribution in [3.05, 3.63) is 0 Å². The van der Waals surface area contributed by atoms with Crippen LogP contribution in [0.25, 0.3) is 0 Å². The third-order valence-electron chi connectivity index (χ3n) is 6.54. The summed E-state index contributed by atoms with van der Waals surface area (Å²) >= 11 is 0. The minimum absolute atomic E-state index is 0.0219. The van der Waals surface area contributed by atoms with Gasteiger partial charge in [0.25, 0.3) is 0 Å². The molecule has 224 valence electrons. The van der Waals surface area contributed by atoms with Gasteiger partial charge in [-0.25, -0.2) is 9.59 Å². The molecule has 0 aliphatic carbocycles. The maximum absolute atomic E-state index is 12.1. The highest BCUT2D eigenvalue weighted by atomic mass is 16.4. The number of amides is 2. The zero-order valence-electron chi connectivity index (χ0n) is 23.2. The first-order valence-corrected chi connectivity index (χ1v) is 14.4. The first-order chi connectivity index (χ1) is 18.7. The summed E-state index contributed by atoms with van der Waals surface area (Å²) in [5, 5.41) is 31.7. The van der Waals surface area contributed by atoms with E-state index in [-0.39, 0.29) is 44.4 Å². The molecule has 39 heavy (non-hydrogen) atoms. The van der Waals surface area contributed by atoms with Gasteiger partial charge in [0.15, 0.2) is 0 Å². The maximum Gasteiger partial charge on any atom is 0.326 e. The van der Waals surface area contributed by atoms with Gasteiger partial charge < -0.3 is 30.7 Å². The van der Waals surface area contributed by atoms with Crippen molar-refractivity contribution in [3.63, 3.8) is 0 Å². The van der Waals surface area contributed by atoms with Crippen molar-refractivity contribution in [2.75, 3.05) is 0 Å². The smallest absolute Gasteiger partial charge is 0.326 e. The molecule has 11 heteroatoms. The number of hydrogen-bond donors (Lipinski definition) is 5. The fourth-order valence-corrected chi connectivity index (χ4v) is 4.24. The van der Waals surface area contributed by atoms with Crippen LogP contribution in [0.5, 0.6) is 0 Å². The molecule has 5 N–H and O–H groups in total. The number of hydrogen-bond acceptors (Lipinski definition) is 6. The van der Waals surface area contributed by atoms with Crippen LogP contribution >= 0.6 is 0 Å². The molecule has 0 aromatic heterocycles. The summed E-state index contributed by atoms with van der Waals surface area (Å²) in [4.78, 5) is 67.6. The van der Waals surface area contributed by atoms with Crippen molar-refractivity contribution < 1.29 is 44.1 Å². The van der Waals surface area contributed by atoms with E-state index in [9.17, 15) is 33.9 Å². The van der Waals surface area contributed by atoms with Crippen molar-refractivity contribution >= 4 is 36.0 Å². The van der Waals surface area contributed by atoms with Crippen molar-refractivity contribution in [1.29, 1.82) is 0 Å². The Balaban J connectivity index is 3.83. The van der Waals surface area contributed by atoms with Crippen LogP contribution in [0.15, 0.2) is 0 Å². The molecule has 2 atom stereocenters. The molecule has 11 nitrogen and oxygen atoms in total. The van der Waals surface area contributed by atoms with E-state index in [0.717, 1.165) is 44.9 Å². The van der Waals surface area contributed by atoms with E-state index >= 15 is 0 Å². The second kappa shape index (κ2) is 24.1. The molecule has 0 aliphatic heterocycles. The van der Waals surface area contributed by atoms with Crippen LogP contribution < -0.4 is 10.6 Å². The summed E-state index contributed by atoms with van der Waals surface area (Å²) in [5.74, 6) is -4.30. The molecular formula is C28H48N2O9. The van der Waals surface area contributed by atoms with E-state index in [1.165, 1.54) is 38.5 Å². The molecule has 0 rings (SSSR count). The molecule has 0 fully saturated rings. The molecule has 0 aliphatic rings. The Bertz CT molecular complexity index is 743. The summed E-state index contributed by atoms with van der Waals surface area (Å²) < 4.78 is 0. The first-order valence-electron chi connectivity index (χ1n) is 14.4. The van der Waals surface area contributed by atoms with Gasteiger partial charge in [0.1, 0.15) is 18.4 Å². The lowest BCUT2D eigenvalue weighted by Gasteiger charge is -2.16. The van der Waals surface area contributed by atoms with E-state index in [4.69, 9.17) is 10.2 Å². The number of carbonyl (C=O) groups excluding carboxylic acids is 3. The predicted octanol–water partition coefficient (Wildman–Crippen LogP) is 4.21. The van der Waals surface area contributed by atoms with E-state index in [1.807, 2.05) is 0 Å². The zero-order chi connectivity index (χ0) is 29.3. The van der Waals surface area contributed by atoms with E-state index in [2.05, 4.69) is 10.6 Å². The molecule has 0 bridgehead atoms. The van der Waals surface area contributed by atoms with Crippen LogP contribution in [-0.4, -0.2) is 63.4 Å². The Morgan fingerprint density at radius 3 is 1.26 bits per heavy atom. The zero-order valence-corrected chi connectivity index (χ0v) is 23.2. The molecular weight excluding hydrogens is 508 g/mol. The number of carboxylic acid groups (broad SMARTS) is 3. The molecule has 0 heterocycles. The van der Waals surface area contributed by atoms with Gasteiger partial charge in [-0.1, -0.05) is 77.0 Å². The van der Waals surface area contributed by atoms with E-state index in [0.29, 0.717) is 12.7 Å². The van der Waals surface area contributed by atoms with Gasteiger partial charge in [-0.15, -0.1) is 0 Å². The predicted molar refractivity (Wildman–Crippen MR) is 145 cm³/mol. The summed E-state index contributed by atoms with van der Waals surface area (Å²) in [6, 6.07) is -2.46. The largest absolute Gasteiger partial charge is 0.481 e. The van der Waals surface area contributed by atoms with E-state index in [1.54, 1.807) is 0 Å². The molecule has 0 radical (unpaired) electrons. The second-order valence-corrected chi connectivity index (χ2v) is 10.0. The summed E-state index contributed by atoms with van der Waals surface area (Å²) in [6.45, 7) is 0. The van der Waals surface area contributed by atoms with Gasteiger partial charge in [0, 0.05) is 25.7 Å². The standard InChI is InChI=1S/C28H48N2O9/c31-21-15-16-22(27(36)37)29-25(33)20-19-23(28(38)39)30-24(32)17-13-11-9-7-5-3-1-2-4-6-8-10-12-14-18-26(34)35/h21-23H,1-20H2,(H,29,33)(H,30,32)(H,34,35)(H,36,37)(H,38,39). The van der Waals surface area contributed by atoms with Crippen LogP contribution in [0.1, 0.15) is 128 Å². The van der Waals surface area contributed by atoms with Gasteiger partial charge >= 0.3 is 17.9 Å². The molecule has 0 saturated heterocycles. The third kappa shape index (κ3) is 22.7. The number of aliphatic carboxylic acids is 3. The lowest BCUT2D eigenvalue weighted by Crippen LogP contribution is -2.43. The number of rotatable bonds is 27. The highest BCUT2D eigenvalue weighted by Crippen LogP contribution is 2.14. The monoisotopic (exact) mass is 556 g/mol. The summed E-state index contributed by atoms with van der Waals surface area (Å²) in [5.41, 5.74) is 0. The third-order valence-corrected chi connectivity index (χ3v) is 6.54. The van der Waals surface area contributed by atoms with Crippen LogP contribution in [0.3, 0.4) is 0 Å². The molecule has 0 spiro atoms. The van der Waals surface area contributed by atoms with Gasteiger partial charge in [0.05, 0.1) is 0 Å². The fourth-order valence-electron chi connectivity index (χ4n) is 4.24. The number of aldehydes is 1. The summed E-state index contributed by atoms with van der Waals surface area (Å²) in [7, 11) is 0. The van der Waals surface area contributed by atoms with Gasteiger partial charge in [0.2, 0.25) is 11.8 Å². The Hall–Kier alpha value is -2.98. The Labute approximate surface area is 231 Å². The number of nitrogens with one attached hydrogen (secondary N) is 2. The lowest BCUT2D eigenvalue weighted by molar-refractivity contribution is -0.143. The highest BCUT2D eigenvalue weighted by molar-refractivity contribution is 5.86. The Kier molecular flexibility index (Phi) is 22.2. The molecule has 2 amide bonds. The topological polar surface area (TPSA) is 187 Å². The Morgan fingerprint density at radius 1 is 0.513 bits per heavy atom. The van der Waals surface area contributed by atoms with Crippen LogP contribution in [0, 0.1) is 0 Å². The molecule has 0 aromatic carbocycles. The maximum atomic E-state index is 12.1. The van der Waals surface area contributed by atoms with Gasteiger partial charge in [-0.2, -0.15) is 0 Å². The minimum atomic E-state index is -1.28.